The molecule has 56 heavy (non-hydrogen) atoms. The van der Waals surface area contributed by atoms with Crippen molar-refractivity contribution < 1.29 is 28.7 Å². The molecule has 1 N–H and O–H groups in total. The van der Waals surface area contributed by atoms with Gasteiger partial charge in [0.25, 0.3) is 17.7 Å². The lowest BCUT2D eigenvalue weighted by molar-refractivity contribution is -0.136. The van der Waals surface area contributed by atoms with Gasteiger partial charge in [0.1, 0.15) is 17.9 Å². The summed E-state index contributed by atoms with van der Waals surface area (Å²) in [6.45, 7) is 14.6. The zero-order valence-electron chi connectivity index (χ0n) is 31.1. The van der Waals surface area contributed by atoms with Crippen LogP contribution in [0, 0.1) is 12.5 Å². The van der Waals surface area contributed by atoms with E-state index in [-0.39, 0.29) is 24.9 Å². The second kappa shape index (κ2) is 16.0. The minimum absolute atomic E-state index is 0.00644. The molecule has 0 radical (unpaired) electrons. The van der Waals surface area contributed by atoms with E-state index in [4.69, 9.17) is 22.9 Å². The average molecular weight is 778 g/mol. The van der Waals surface area contributed by atoms with E-state index < -0.39 is 29.7 Å². The van der Waals surface area contributed by atoms with Crippen molar-refractivity contribution in [1.82, 2.24) is 20.0 Å². The molecule has 4 fully saturated rings. The second-order valence-corrected chi connectivity index (χ2v) is 15.7. The van der Waals surface area contributed by atoms with Crippen LogP contribution in [0.15, 0.2) is 60.7 Å². The van der Waals surface area contributed by atoms with Crippen LogP contribution < -0.4 is 19.9 Å². The third-order valence-corrected chi connectivity index (χ3v) is 12.1. The number of ether oxygens (including phenoxy) is 1. The highest BCUT2D eigenvalue weighted by Crippen LogP contribution is 2.36. The quantitative estimate of drug-likeness (QED) is 0.248. The third kappa shape index (κ3) is 7.55. The van der Waals surface area contributed by atoms with Gasteiger partial charge in [-0.1, -0.05) is 23.7 Å². The van der Waals surface area contributed by atoms with Crippen LogP contribution in [0.2, 0.25) is 5.02 Å². The van der Waals surface area contributed by atoms with Gasteiger partial charge in [-0.15, -0.1) is 0 Å². The Morgan fingerprint density at radius 2 is 1.62 bits per heavy atom. The van der Waals surface area contributed by atoms with Crippen LogP contribution in [0.5, 0.6) is 5.75 Å². The minimum Gasteiger partial charge on any atom is -0.489 e. The molecule has 0 bridgehead atoms. The molecular weight excluding hydrogens is 734 g/mol. The van der Waals surface area contributed by atoms with Gasteiger partial charge in [0.05, 0.1) is 35.0 Å². The van der Waals surface area contributed by atoms with E-state index in [9.17, 15) is 24.0 Å². The number of piperazine rings is 1. The van der Waals surface area contributed by atoms with E-state index in [1.807, 2.05) is 35.2 Å². The number of imide groups is 2. The first kappa shape index (κ1) is 37.5. The lowest BCUT2D eigenvalue weighted by atomic mass is 9.94. The number of carbonyl (C=O) groups excluding carboxylic acids is 5. The Morgan fingerprint density at radius 3 is 2.34 bits per heavy atom. The molecule has 0 aliphatic carbocycles. The molecule has 3 aromatic rings. The van der Waals surface area contributed by atoms with Gasteiger partial charge >= 0.3 is 0 Å². The van der Waals surface area contributed by atoms with Gasteiger partial charge in [-0.05, 0) is 86.6 Å². The van der Waals surface area contributed by atoms with Gasteiger partial charge in [-0.2, -0.15) is 0 Å². The van der Waals surface area contributed by atoms with Gasteiger partial charge in [0.2, 0.25) is 17.5 Å². The number of amides is 5. The predicted octanol–water partition coefficient (Wildman–Crippen LogP) is 5.01. The Kier molecular flexibility index (Phi) is 10.7. The molecule has 290 valence electrons. The van der Waals surface area contributed by atoms with E-state index in [1.54, 1.807) is 30.3 Å². The maximum Gasteiger partial charge on any atom is 0.264 e. The van der Waals surface area contributed by atoms with Crippen LogP contribution in [0.4, 0.5) is 17.1 Å². The van der Waals surface area contributed by atoms with Crippen molar-refractivity contribution in [2.75, 3.05) is 68.7 Å². The highest BCUT2D eigenvalue weighted by molar-refractivity contribution is 6.33. The predicted molar refractivity (Wildman–Crippen MR) is 210 cm³/mol. The van der Waals surface area contributed by atoms with Crippen LogP contribution in [0.3, 0.4) is 0 Å². The molecule has 5 heterocycles. The third-order valence-electron chi connectivity index (χ3n) is 11.8. The number of nitrogens with one attached hydrogen (secondary N) is 1. The van der Waals surface area contributed by atoms with E-state index in [0.717, 1.165) is 87.8 Å². The normalized spacial score (nSPS) is 22.2. The van der Waals surface area contributed by atoms with Crippen molar-refractivity contribution in [3.63, 3.8) is 0 Å². The fourth-order valence-electron chi connectivity index (χ4n) is 8.73. The maximum atomic E-state index is 13.6. The van der Waals surface area contributed by atoms with Crippen molar-refractivity contribution in [1.29, 1.82) is 0 Å². The van der Waals surface area contributed by atoms with Gasteiger partial charge in [-0.3, -0.25) is 39.1 Å². The SMILES string of the molecule is [C-]#[N+]c1ccc(OC2CCCN(C(=O)c3ccc(N4CCN(CC5CCN(c6cccc7c6C(=O)N(C6CCC(=O)NC6=O)C7=O)CC5)CC4)cc3)C2)cc1Cl. The zero-order chi connectivity index (χ0) is 38.9. The molecule has 3 aromatic carbocycles. The standard InChI is InChI=1S/C42H44ClN7O6/c1-44-34-12-11-30(24-33(34)43)56-31-4-3-17-49(26-31)40(53)28-7-9-29(10-8-28)47-22-20-46(21-23-47)25-27-15-18-48(19-16-27)35-6-2-5-32-38(35)42(55)50(41(32)54)36-13-14-37(51)45-39(36)52/h2,5-12,24,27,31,36H,3-4,13-23,25-26H2,(H,45,51,52). The molecule has 0 spiro atoms. The van der Waals surface area contributed by atoms with Crippen molar-refractivity contribution >= 4 is 58.2 Å². The smallest absolute Gasteiger partial charge is 0.264 e. The van der Waals surface area contributed by atoms with E-state index in [2.05, 4.69) is 24.9 Å². The van der Waals surface area contributed by atoms with Crippen molar-refractivity contribution in [3.8, 4) is 5.75 Å². The molecule has 2 atom stereocenters. The number of rotatable bonds is 8. The summed E-state index contributed by atoms with van der Waals surface area (Å²) in [7, 11) is 0. The summed E-state index contributed by atoms with van der Waals surface area (Å²) in [5, 5.41) is 2.62. The molecule has 0 aromatic heterocycles. The lowest BCUT2D eigenvalue weighted by Gasteiger charge is -2.40. The van der Waals surface area contributed by atoms with Crippen LogP contribution in [-0.2, 0) is 9.59 Å². The number of nitrogens with zero attached hydrogens (tertiary/aromatic N) is 6. The van der Waals surface area contributed by atoms with Crippen molar-refractivity contribution in [2.45, 2.75) is 50.7 Å². The number of piperidine rings is 3. The van der Waals surface area contributed by atoms with Crippen LogP contribution in [0.25, 0.3) is 4.85 Å². The average Bonchev–Trinajstić information content (AvgIpc) is 3.47. The number of hydrogen-bond donors (Lipinski definition) is 1. The summed E-state index contributed by atoms with van der Waals surface area (Å²) >= 11 is 6.19. The summed E-state index contributed by atoms with van der Waals surface area (Å²) in [6, 6.07) is 17.3. The topological polar surface area (TPSA) is 127 Å². The maximum absolute atomic E-state index is 13.6. The highest BCUT2D eigenvalue weighted by atomic mass is 35.5. The summed E-state index contributed by atoms with van der Waals surface area (Å²) in [5.74, 6) is -0.833. The first-order valence-electron chi connectivity index (χ1n) is 19.5. The Morgan fingerprint density at radius 1 is 0.857 bits per heavy atom. The van der Waals surface area contributed by atoms with E-state index in [1.165, 1.54) is 0 Å². The molecule has 5 amide bonds. The molecule has 5 aliphatic heterocycles. The Hall–Kier alpha value is -5.45. The molecule has 14 heteroatoms. The van der Waals surface area contributed by atoms with Crippen molar-refractivity contribution in [3.05, 3.63) is 93.8 Å². The number of anilines is 2. The Balaban J connectivity index is 0.800. The molecule has 0 saturated carbocycles. The van der Waals surface area contributed by atoms with Gasteiger partial charge in [0, 0.05) is 70.0 Å². The zero-order valence-corrected chi connectivity index (χ0v) is 31.9. The van der Waals surface area contributed by atoms with Crippen molar-refractivity contribution in [2.24, 2.45) is 5.92 Å². The number of fused-ring (bicyclic) bond motifs is 1. The first-order valence-corrected chi connectivity index (χ1v) is 19.8. The molecule has 5 aliphatic rings. The second-order valence-electron chi connectivity index (χ2n) is 15.3. The van der Waals surface area contributed by atoms with E-state index in [0.29, 0.717) is 52.2 Å². The number of hydrogen-bond acceptors (Lipinski definition) is 9. The number of likely N-dealkylation sites (tertiary alicyclic amines) is 1. The first-order chi connectivity index (χ1) is 27.2. The number of benzene rings is 3. The summed E-state index contributed by atoms with van der Waals surface area (Å²) in [4.78, 5) is 78.0. The highest BCUT2D eigenvalue weighted by Gasteiger charge is 2.46. The fourth-order valence-corrected chi connectivity index (χ4v) is 8.94. The number of halogens is 1. The molecule has 13 nitrogen and oxygen atoms in total. The van der Waals surface area contributed by atoms with Gasteiger partial charge in [0.15, 0.2) is 0 Å². The van der Waals surface area contributed by atoms with Gasteiger partial charge in [-0.25, -0.2) is 4.85 Å². The molecule has 2 unspecified atom stereocenters. The monoisotopic (exact) mass is 777 g/mol. The van der Waals surface area contributed by atoms with Gasteiger partial charge < -0.3 is 19.4 Å². The number of carbonyl (C=O) groups is 5. The molecular formula is C42H44ClN7O6. The summed E-state index contributed by atoms with van der Waals surface area (Å²) in [6.07, 6.45) is 3.69. The molecule has 4 saturated heterocycles. The largest absolute Gasteiger partial charge is 0.489 e. The van der Waals surface area contributed by atoms with Crippen LogP contribution >= 0.6 is 11.6 Å². The van der Waals surface area contributed by atoms with Crippen LogP contribution in [0.1, 0.15) is 69.6 Å². The minimum atomic E-state index is -0.980. The van der Waals surface area contributed by atoms with Crippen LogP contribution in [-0.4, -0.2) is 115 Å². The summed E-state index contributed by atoms with van der Waals surface area (Å²) < 4.78 is 6.14. The Bertz CT molecular complexity index is 2090. The fraction of sp³-hybridized carbons (Fsp3) is 0.429. The summed E-state index contributed by atoms with van der Waals surface area (Å²) in [5.41, 5.74) is 3.55. The van der Waals surface area contributed by atoms with E-state index >= 15 is 0 Å². The lowest BCUT2D eigenvalue weighted by Crippen LogP contribution is -2.54. The molecule has 8 rings (SSSR count). The Labute approximate surface area is 330 Å².